The normalized spacial score (nSPS) is 23.9. The van der Waals surface area contributed by atoms with Crippen LogP contribution in [0, 0.1) is 17.8 Å². The molecule has 37 heavy (non-hydrogen) atoms. The number of alkyl carbamates (subject to hydrolysis) is 1. The molecular weight excluding hydrogens is 485 g/mol. The number of hydrogen-bond acceptors (Lipinski definition) is 6. The third-order valence-corrected chi connectivity index (χ3v) is 7.66. The second-order valence-electron chi connectivity index (χ2n) is 10.7. The maximum absolute atomic E-state index is 13.2. The fraction of sp³-hybridized carbons (Fsp3) is 0.556. The molecule has 3 aliphatic rings. The molecule has 2 aliphatic heterocycles. The number of hydrogen-bond donors (Lipinski definition) is 2. The first-order chi connectivity index (χ1) is 17.6. The Balaban J connectivity index is 1.32. The molecule has 1 amide bonds. The molecule has 2 atom stereocenters. The summed E-state index contributed by atoms with van der Waals surface area (Å²) in [6.45, 7) is 6.20. The number of benzene rings is 1. The smallest absolute Gasteiger partial charge is 0.408 e. The van der Waals surface area contributed by atoms with Gasteiger partial charge < -0.3 is 25.0 Å². The third-order valence-electron chi connectivity index (χ3n) is 7.66. The molecule has 1 aromatic carbocycles. The van der Waals surface area contributed by atoms with E-state index in [9.17, 15) is 18.0 Å². The maximum Gasteiger partial charge on any atom is 0.408 e. The van der Waals surface area contributed by atoms with Crippen molar-refractivity contribution in [3.63, 3.8) is 0 Å². The van der Waals surface area contributed by atoms with Crippen molar-refractivity contribution in [2.75, 3.05) is 31.1 Å². The molecule has 1 aromatic heterocycles. The molecule has 10 heteroatoms. The average molecular weight is 519 g/mol. The first kappa shape index (κ1) is 25.6. The van der Waals surface area contributed by atoms with Crippen molar-refractivity contribution in [1.29, 1.82) is 0 Å². The Bertz CT molecular complexity index is 1090. The summed E-state index contributed by atoms with van der Waals surface area (Å²) in [4.78, 5) is 19.1. The van der Waals surface area contributed by atoms with E-state index in [4.69, 9.17) is 9.47 Å². The minimum absolute atomic E-state index is 0.0197. The van der Waals surface area contributed by atoms with E-state index < -0.39 is 23.8 Å². The quantitative estimate of drug-likeness (QED) is 0.557. The molecule has 3 fully saturated rings. The number of carbonyl (C=O) groups excluding carboxylic acids is 1. The van der Waals surface area contributed by atoms with E-state index in [2.05, 4.69) is 15.6 Å². The van der Waals surface area contributed by atoms with Crippen molar-refractivity contribution in [3.05, 3.63) is 53.6 Å². The van der Waals surface area contributed by atoms with Crippen LogP contribution in [0.2, 0.25) is 0 Å². The largest absolute Gasteiger partial charge is 0.474 e. The Morgan fingerprint density at radius 2 is 1.78 bits per heavy atom. The SMILES string of the molecule is CC(C)(OC(=O)NCc1ccccc1)c1cc(OC2C3CNCC32)nc(N2CCC(C(F)(F)F)CC2)c1. The molecule has 2 aromatic rings. The molecule has 5 rings (SSSR count). The van der Waals surface area contributed by atoms with Crippen molar-refractivity contribution < 1.29 is 27.4 Å². The van der Waals surface area contributed by atoms with Crippen molar-refractivity contribution in [2.24, 2.45) is 17.8 Å². The van der Waals surface area contributed by atoms with Crippen LogP contribution >= 0.6 is 0 Å². The van der Waals surface area contributed by atoms with E-state index in [-0.39, 0.29) is 32.0 Å². The van der Waals surface area contributed by atoms with Gasteiger partial charge in [0.05, 0.1) is 5.92 Å². The van der Waals surface area contributed by atoms with Crippen molar-refractivity contribution in [2.45, 2.75) is 51.1 Å². The van der Waals surface area contributed by atoms with Gasteiger partial charge in [-0.15, -0.1) is 0 Å². The molecule has 2 N–H and O–H groups in total. The number of alkyl halides is 3. The van der Waals surface area contributed by atoms with Crippen LogP contribution in [0.4, 0.5) is 23.8 Å². The van der Waals surface area contributed by atoms with E-state index in [0.29, 0.717) is 35.6 Å². The van der Waals surface area contributed by atoms with Crippen LogP contribution in [0.25, 0.3) is 0 Å². The van der Waals surface area contributed by atoms with Gasteiger partial charge in [0, 0.05) is 56.2 Å². The second-order valence-corrected chi connectivity index (χ2v) is 10.7. The number of fused-ring (bicyclic) bond motifs is 1. The van der Waals surface area contributed by atoms with Gasteiger partial charge in [-0.05, 0) is 38.3 Å². The maximum atomic E-state index is 13.2. The van der Waals surface area contributed by atoms with Gasteiger partial charge in [0.2, 0.25) is 5.88 Å². The van der Waals surface area contributed by atoms with Crippen LogP contribution in [0.1, 0.15) is 37.8 Å². The van der Waals surface area contributed by atoms with E-state index >= 15 is 0 Å². The lowest BCUT2D eigenvalue weighted by Crippen LogP contribution is -2.39. The van der Waals surface area contributed by atoms with Gasteiger partial charge in [-0.25, -0.2) is 4.79 Å². The van der Waals surface area contributed by atoms with Gasteiger partial charge in [-0.2, -0.15) is 18.2 Å². The fourth-order valence-electron chi connectivity index (χ4n) is 5.27. The van der Waals surface area contributed by atoms with Crippen LogP contribution in [-0.4, -0.2) is 49.5 Å². The highest BCUT2D eigenvalue weighted by Gasteiger charge is 2.55. The fourth-order valence-corrected chi connectivity index (χ4v) is 5.27. The molecule has 1 saturated carbocycles. The summed E-state index contributed by atoms with van der Waals surface area (Å²) in [6, 6.07) is 13.1. The first-order valence-corrected chi connectivity index (χ1v) is 12.8. The summed E-state index contributed by atoms with van der Waals surface area (Å²) in [5.41, 5.74) is 0.595. The number of rotatable bonds is 7. The summed E-state index contributed by atoms with van der Waals surface area (Å²) in [6.07, 6.45) is -4.64. The summed E-state index contributed by atoms with van der Waals surface area (Å²) < 4.78 is 51.6. The van der Waals surface area contributed by atoms with E-state index in [1.807, 2.05) is 35.2 Å². The molecule has 7 nitrogen and oxygen atoms in total. The first-order valence-electron chi connectivity index (χ1n) is 12.8. The zero-order chi connectivity index (χ0) is 26.2. The molecule has 2 saturated heterocycles. The monoisotopic (exact) mass is 518 g/mol. The number of anilines is 1. The lowest BCUT2D eigenvalue weighted by atomic mass is 9.95. The molecule has 1 aliphatic carbocycles. The molecule has 2 unspecified atom stereocenters. The predicted octanol–water partition coefficient (Wildman–Crippen LogP) is 4.62. The summed E-state index contributed by atoms with van der Waals surface area (Å²) in [7, 11) is 0. The number of nitrogens with zero attached hydrogens (tertiary/aromatic N) is 2. The van der Waals surface area contributed by atoms with Gasteiger partial charge in [0.15, 0.2) is 0 Å². The minimum Gasteiger partial charge on any atom is -0.474 e. The number of pyridine rings is 1. The van der Waals surface area contributed by atoms with Gasteiger partial charge >= 0.3 is 12.3 Å². The van der Waals surface area contributed by atoms with Crippen LogP contribution in [0.3, 0.4) is 0 Å². The number of piperidine rings is 2. The number of nitrogens with one attached hydrogen (secondary N) is 2. The Morgan fingerprint density at radius 1 is 1.11 bits per heavy atom. The van der Waals surface area contributed by atoms with Crippen LogP contribution in [0.15, 0.2) is 42.5 Å². The Labute approximate surface area is 214 Å². The Hall–Kier alpha value is -3.01. The zero-order valence-electron chi connectivity index (χ0n) is 21.1. The molecular formula is C27H33F3N4O3. The van der Waals surface area contributed by atoms with Crippen molar-refractivity contribution in [3.8, 4) is 5.88 Å². The lowest BCUT2D eigenvalue weighted by molar-refractivity contribution is -0.179. The standard InChI is InChI=1S/C27H33F3N4O3/c1-26(2,37-25(35)32-14-17-6-4-3-5-7-17)19-12-22(34-10-8-18(9-11-34)27(28,29)30)33-23(13-19)36-24-20-15-31-16-21(20)24/h3-7,12-13,18,20-21,24,31H,8-11,14-16H2,1-2H3,(H,32,35). The molecule has 200 valence electrons. The summed E-state index contributed by atoms with van der Waals surface area (Å²) in [5.74, 6) is 0.549. The highest BCUT2D eigenvalue weighted by atomic mass is 19.4. The van der Waals surface area contributed by atoms with Crippen molar-refractivity contribution >= 4 is 11.9 Å². The predicted molar refractivity (Wildman–Crippen MR) is 132 cm³/mol. The third kappa shape index (κ3) is 5.95. The number of aromatic nitrogens is 1. The lowest BCUT2D eigenvalue weighted by Gasteiger charge is -2.34. The number of halogens is 3. The number of amides is 1. The van der Waals surface area contributed by atoms with Gasteiger partial charge in [-0.3, -0.25) is 0 Å². The summed E-state index contributed by atoms with van der Waals surface area (Å²) >= 11 is 0. The van der Waals surface area contributed by atoms with Crippen LogP contribution in [-0.2, 0) is 16.9 Å². The van der Waals surface area contributed by atoms with Crippen molar-refractivity contribution in [1.82, 2.24) is 15.6 Å². The minimum atomic E-state index is -4.18. The highest BCUT2D eigenvalue weighted by Crippen LogP contribution is 2.45. The van der Waals surface area contributed by atoms with E-state index in [0.717, 1.165) is 18.7 Å². The average Bonchev–Trinajstić information content (AvgIpc) is 3.27. The van der Waals surface area contributed by atoms with E-state index in [1.165, 1.54) is 0 Å². The number of carbonyl (C=O) groups is 1. The van der Waals surface area contributed by atoms with Gasteiger partial charge in [-0.1, -0.05) is 30.3 Å². The molecule has 3 heterocycles. The molecule has 0 spiro atoms. The highest BCUT2D eigenvalue weighted by molar-refractivity contribution is 5.68. The van der Waals surface area contributed by atoms with Gasteiger partial charge in [0.1, 0.15) is 17.5 Å². The van der Waals surface area contributed by atoms with Gasteiger partial charge in [0.25, 0.3) is 0 Å². The molecule has 0 bridgehead atoms. The van der Waals surface area contributed by atoms with E-state index in [1.54, 1.807) is 26.0 Å². The topological polar surface area (TPSA) is 75.7 Å². The number of ether oxygens (including phenoxy) is 2. The summed E-state index contributed by atoms with van der Waals surface area (Å²) in [5, 5.41) is 6.11. The Morgan fingerprint density at radius 3 is 2.43 bits per heavy atom. The van der Waals surface area contributed by atoms with Crippen LogP contribution < -0.4 is 20.3 Å². The second kappa shape index (κ2) is 10.0. The van der Waals surface area contributed by atoms with Crippen LogP contribution in [0.5, 0.6) is 5.88 Å². The molecule has 0 radical (unpaired) electrons. The Kier molecular flexibility index (Phi) is 6.95. The zero-order valence-corrected chi connectivity index (χ0v) is 21.1.